The van der Waals surface area contributed by atoms with Crippen molar-refractivity contribution in [2.24, 2.45) is 0 Å². The standard InChI is InChI=1S/C14H16N2OS2/c1-9-5-3-4-6-11(9)8-15-13(17)7-12-10(2)16-14(18)19-12/h3-6H,7-8H2,1-2H3,(H,15,17)(H,16,18). The van der Waals surface area contributed by atoms with Crippen LogP contribution in [0.1, 0.15) is 21.7 Å². The van der Waals surface area contributed by atoms with Crippen LogP contribution in [0.5, 0.6) is 0 Å². The number of aromatic nitrogens is 1. The maximum Gasteiger partial charge on any atom is 0.225 e. The number of aromatic amines is 1. The van der Waals surface area contributed by atoms with Crippen molar-refractivity contribution in [2.45, 2.75) is 26.8 Å². The van der Waals surface area contributed by atoms with Crippen molar-refractivity contribution in [3.8, 4) is 0 Å². The Kier molecular flexibility index (Phi) is 4.50. The maximum absolute atomic E-state index is 11.9. The van der Waals surface area contributed by atoms with E-state index in [2.05, 4.69) is 10.3 Å². The van der Waals surface area contributed by atoms with Crippen molar-refractivity contribution in [1.29, 1.82) is 0 Å². The molecule has 0 aliphatic heterocycles. The van der Waals surface area contributed by atoms with E-state index in [1.165, 1.54) is 16.9 Å². The normalized spacial score (nSPS) is 10.4. The van der Waals surface area contributed by atoms with Gasteiger partial charge in [-0.1, -0.05) is 24.3 Å². The van der Waals surface area contributed by atoms with E-state index in [1.807, 2.05) is 38.1 Å². The van der Waals surface area contributed by atoms with E-state index in [0.717, 1.165) is 20.1 Å². The van der Waals surface area contributed by atoms with Gasteiger partial charge in [-0.2, -0.15) is 0 Å². The van der Waals surface area contributed by atoms with Gasteiger partial charge in [-0.15, -0.1) is 11.3 Å². The van der Waals surface area contributed by atoms with Crippen LogP contribution in [0, 0.1) is 17.8 Å². The summed E-state index contributed by atoms with van der Waals surface area (Å²) in [5.41, 5.74) is 3.33. The van der Waals surface area contributed by atoms with Gasteiger partial charge < -0.3 is 10.3 Å². The zero-order valence-corrected chi connectivity index (χ0v) is 12.6. The molecule has 0 bridgehead atoms. The van der Waals surface area contributed by atoms with Gasteiger partial charge in [-0.05, 0) is 37.2 Å². The van der Waals surface area contributed by atoms with E-state index in [4.69, 9.17) is 12.2 Å². The molecule has 0 unspecified atom stereocenters. The summed E-state index contributed by atoms with van der Waals surface area (Å²) in [4.78, 5) is 16.0. The van der Waals surface area contributed by atoms with E-state index in [9.17, 15) is 4.79 Å². The van der Waals surface area contributed by atoms with Crippen LogP contribution in [0.3, 0.4) is 0 Å². The van der Waals surface area contributed by atoms with Crippen LogP contribution < -0.4 is 5.32 Å². The lowest BCUT2D eigenvalue weighted by molar-refractivity contribution is -0.120. The van der Waals surface area contributed by atoms with Crippen molar-refractivity contribution >= 4 is 29.5 Å². The first kappa shape index (κ1) is 14.0. The molecule has 1 heterocycles. The molecule has 5 heteroatoms. The summed E-state index contributed by atoms with van der Waals surface area (Å²) in [6.07, 6.45) is 0.384. The number of nitrogens with one attached hydrogen (secondary N) is 2. The Morgan fingerprint density at radius 2 is 2.11 bits per heavy atom. The second-order valence-corrected chi connectivity index (χ2v) is 6.21. The second kappa shape index (κ2) is 6.12. The molecule has 1 aromatic carbocycles. The summed E-state index contributed by atoms with van der Waals surface area (Å²) >= 11 is 6.53. The van der Waals surface area contributed by atoms with Gasteiger partial charge in [-0.3, -0.25) is 4.79 Å². The molecule has 100 valence electrons. The fraction of sp³-hybridized carbons (Fsp3) is 0.286. The summed E-state index contributed by atoms with van der Waals surface area (Å²) in [6.45, 7) is 4.56. The Balaban J connectivity index is 1.94. The summed E-state index contributed by atoms with van der Waals surface area (Å²) in [5, 5.41) is 2.94. The second-order valence-electron chi connectivity index (χ2n) is 4.44. The van der Waals surface area contributed by atoms with Gasteiger partial charge in [0.05, 0.1) is 6.42 Å². The first-order chi connectivity index (χ1) is 9.06. The van der Waals surface area contributed by atoms with Gasteiger partial charge in [-0.25, -0.2) is 0 Å². The van der Waals surface area contributed by atoms with Crippen molar-refractivity contribution in [2.75, 3.05) is 0 Å². The molecule has 19 heavy (non-hydrogen) atoms. The third-order valence-corrected chi connectivity index (χ3v) is 4.32. The molecule has 0 aliphatic rings. The minimum Gasteiger partial charge on any atom is -0.352 e. The average Bonchev–Trinajstić information content (AvgIpc) is 2.67. The number of carbonyl (C=O) groups is 1. The first-order valence-corrected chi connectivity index (χ1v) is 7.28. The molecule has 0 spiro atoms. The molecule has 0 saturated carbocycles. The van der Waals surface area contributed by atoms with Crippen molar-refractivity contribution < 1.29 is 4.79 Å². The third kappa shape index (κ3) is 3.75. The number of thiazole rings is 1. The van der Waals surface area contributed by atoms with Crippen molar-refractivity contribution in [3.05, 3.63) is 49.9 Å². The molecule has 1 amide bonds. The van der Waals surface area contributed by atoms with Crippen molar-refractivity contribution in [3.63, 3.8) is 0 Å². The lowest BCUT2D eigenvalue weighted by atomic mass is 10.1. The van der Waals surface area contributed by atoms with E-state index >= 15 is 0 Å². The number of carbonyl (C=O) groups excluding carboxylic acids is 1. The quantitative estimate of drug-likeness (QED) is 0.849. The van der Waals surface area contributed by atoms with Crippen LogP contribution in [0.15, 0.2) is 24.3 Å². The molecule has 0 aliphatic carbocycles. The third-order valence-electron chi connectivity index (χ3n) is 2.98. The number of benzene rings is 1. The molecule has 2 rings (SSSR count). The summed E-state index contributed by atoms with van der Waals surface area (Å²) in [7, 11) is 0. The molecule has 1 aromatic heterocycles. The Morgan fingerprint density at radius 3 is 2.74 bits per heavy atom. The fourth-order valence-corrected chi connectivity index (χ4v) is 3.11. The Hall–Kier alpha value is -1.46. The minimum absolute atomic E-state index is 0.0246. The highest BCUT2D eigenvalue weighted by Crippen LogP contribution is 2.15. The van der Waals surface area contributed by atoms with Crippen LogP contribution in [0.4, 0.5) is 0 Å². The molecule has 0 fully saturated rings. The van der Waals surface area contributed by atoms with Gasteiger partial charge in [0.1, 0.15) is 0 Å². The topological polar surface area (TPSA) is 44.9 Å². The number of amides is 1. The van der Waals surface area contributed by atoms with E-state index in [0.29, 0.717) is 13.0 Å². The zero-order valence-electron chi connectivity index (χ0n) is 10.9. The summed E-state index contributed by atoms with van der Waals surface area (Å²) in [5.74, 6) is 0.0246. The number of rotatable bonds is 4. The van der Waals surface area contributed by atoms with Crippen LogP contribution in [-0.2, 0) is 17.8 Å². The summed E-state index contributed by atoms with van der Waals surface area (Å²) in [6, 6.07) is 8.05. The molecule has 0 atom stereocenters. The van der Waals surface area contributed by atoms with E-state index in [1.54, 1.807) is 0 Å². The molecular formula is C14H16N2OS2. The Labute approximate surface area is 121 Å². The Bertz CT molecular complexity index is 643. The largest absolute Gasteiger partial charge is 0.352 e. The average molecular weight is 292 g/mol. The minimum atomic E-state index is 0.0246. The summed E-state index contributed by atoms with van der Waals surface area (Å²) < 4.78 is 0.721. The zero-order chi connectivity index (χ0) is 13.8. The lowest BCUT2D eigenvalue weighted by Crippen LogP contribution is -2.24. The molecule has 2 N–H and O–H groups in total. The number of hydrogen-bond donors (Lipinski definition) is 2. The van der Waals surface area contributed by atoms with Gasteiger partial charge in [0.2, 0.25) is 5.91 Å². The van der Waals surface area contributed by atoms with E-state index < -0.39 is 0 Å². The molecule has 0 saturated heterocycles. The highest BCUT2D eigenvalue weighted by atomic mass is 32.1. The van der Waals surface area contributed by atoms with Gasteiger partial charge in [0, 0.05) is 17.1 Å². The van der Waals surface area contributed by atoms with Crippen molar-refractivity contribution in [1.82, 2.24) is 10.3 Å². The van der Waals surface area contributed by atoms with Gasteiger partial charge >= 0.3 is 0 Å². The van der Waals surface area contributed by atoms with Gasteiger partial charge in [0.25, 0.3) is 0 Å². The van der Waals surface area contributed by atoms with Crippen LogP contribution in [0.2, 0.25) is 0 Å². The first-order valence-electron chi connectivity index (χ1n) is 6.06. The molecule has 2 aromatic rings. The Morgan fingerprint density at radius 1 is 1.37 bits per heavy atom. The monoisotopic (exact) mass is 292 g/mol. The number of hydrogen-bond acceptors (Lipinski definition) is 3. The van der Waals surface area contributed by atoms with Gasteiger partial charge in [0.15, 0.2) is 3.95 Å². The smallest absolute Gasteiger partial charge is 0.225 e. The molecular weight excluding hydrogens is 276 g/mol. The number of H-pyrrole nitrogens is 1. The highest BCUT2D eigenvalue weighted by Gasteiger charge is 2.08. The van der Waals surface area contributed by atoms with Crippen LogP contribution in [0.25, 0.3) is 0 Å². The molecule has 0 radical (unpaired) electrons. The molecule has 3 nitrogen and oxygen atoms in total. The maximum atomic E-state index is 11.9. The number of aryl methyl sites for hydroxylation is 2. The lowest BCUT2D eigenvalue weighted by Gasteiger charge is -2.07. The van der Waals surface area contributed by atoms with E-state index in [-0.39, 0.29) is 5.91 Å². The highest BCUT2D eigenvalue weighted by molar-refractivity contribution is 7.73. The predicted octanol–water partition coefficient (Wildman–Crippen LogP) is 3.28. The SMILES string of the molecule is Cc1ccccc1CNC(=O)Cc1sc(=S)[nH]c1C. The van der Waals surface area contributed by atoms with Crippen LogP contribution in [-0.4, -0.2) is 10.9 Å². The van der Waals surface area contributed by atoms with Crippen LogP contribution >= 0.6 is 23.6 Å². The predicted molar refractivity (Wildman–Crippen MR) is 81.0 cm³/mol. The fourth-order valence-electron chi connectivity index (χ4n) is 1.82.